The standard InChI is InChI=1S/C36H42N2O4/c1-35(2,3)26-12-10-24(11-13-26)33(23-8-6-7-9-23)28-15-14-27(25-16-17-42-21-25)29-18-31(37-20-30(28)29)34(41)38-22-36(4,5)19-32(39)40/h10-18,20-21,23,33H,6-9,19,22H2,1-5H3,(H,38,41)(H,39,40). The number of carbonyl (C=O) groups excluding carboxylic acids is 1. The number of pyridine rings is 1. The van der Waals surface area contributed by atoms with Gasteiger partial charge in [0, 0.05) is 29.6 Å². The molecule has 1 unspecified atom stereocenters. The highest BCUT2D eigenvalue weighted by molar-refractivity contribution is 6.03. The number of carboxylic acids is 1. The van der Waals surface area contributed by atoms with Crippen LogP contribution in [-0.2, 0) is 10.2 Å². The Morgan fingerprint density at radius 3 is 2.33 bits per heavy atom. The number of carbonyl (C=O) groups is 2. The SMILES string of the molecule is CC(C)(CNC(=O)c1cc2c(-c3ccoc3)ccc(C(c3ccc(C(C)(C)C)cc3)C3CCCC3)c2cn1)CC(=O)O. The summed E-state index contributed by atoms with van der Waals surface area (Å²) in [5.41, 5.74) is 5.61. The molecule has 6 nitrogen and oxygen atoms in total. The van der Waals surface area contributed by atoms with Gasteiger partial charge in [-0.2, -0.15) is 0 Å². The summed E-state index contributed by atoms with van der Waals surface area (Å²) in [5, 5.41) is 14.1. The van der Waals surface area contributed by atoms with Crippen LogP contribution in [0.4, 0.5) is 0 Å². The number of aliphatic carboxylic acids is 1. The van der Waals surface area contributed by atoms with Crippen molar-refractivity contribution in [2.24, 2.45) is 11.3 Å². The molecule has 6 heteroatoms. The fraction of sp³-hybridized carbons (Fsp3) is 0.417. The second-order valence-corrected chi connectivity index (χ2v) is 13.6. The normalized spacial score (nSPS) is 15.2. The zero-order valence-corrected chi connectivity index (χ0v) is 25.4. The van der Waals surface area contributed by atoms with Gasteiger partial charge in [-0.25, -0.2) is 0 Å². The Morgan fingerprint density at radius 2 is 1.71 bits per heavy atom. The third-order valence-corrected chi connectivity index (χ3v) is 8.70. The third kappa shape index (κ3) is 6.43. The van der Waals surface area contributed by atoms with Gasteiger partial charge in [0.2, 0.25) is 0 Å². The molecule has 1 fully saturated rings. The molecule has 2 N–H and O–H groups in total. The van der Waals surface area contributed by atoms with Crippen LogP contribution in [0.2, 0.25) is 0 Å². The predicted octanol–water partition coefficient (Wildman–Crippen LogP) is 8.35. The average molecular weight is 567 g/mol. The highest BCUT2D eigenvalue weighted by Gasteiger charge is 2.30. The number of hydrogen-bond donors (Lipinski definition) is 2. The number of furan rings is 1. The van der Waals surface area contributed by atoms with Crippen molar-refractivity contribution in [3.05, 3.63) is 89.6 Å². The van der Waals surface area contributed by atoms with Crippen LogP contribution in [0.3, 0.4) is 0 Å². The molecular formula is C36H42N2O4. The molecule has 0 bridgehead atoms. The maximum absolute atomic E-state index is 13.2. The van der Waals surface area contributed by atoms with Crippen LogP contribution in [0.5, 0.6) is 0 Å². The van der Waals surface area contributed by atoms with Gasteiger partial charge in [-0.3, -0.25) is 14.6 Å². The molecule has 1 amide bonds. The number of nitrogens with one attached hydrogen (secondary N) is 1. The minimum atomic E-state index is -0.889. The monoisotopic (exact) mass is 566 g/mol. The molecule has 5 rings (SSSR count). The molecule has 42 heavy (non-hydrogen) atoms. The van der Waals surface area contributed by atoms with Crippen molar-refractivity contribution in [1.29, 1.82) is 0 Å². The molecule has 0 radical (unpaired) electrons. The van der Waals surface area contributed by atoms with Crippen molar-refractivity contribution in [3.8, 4) is 11.1 Å². The lowest BCUT2D eigenvalue weighted by molar-refractivity contribution is -0.139. The molecular weight excluding hydrogens is 524 g/mol. The van der Waals surface area contributed by atoms with E-state index in [-0.39, 0.29) is 30.2 Å². The Kier molecular flexibility index (Phi) is 8.27. The van der Waals surface area contributed by atoms with Crippen molar-refractivity contribution >= 4 is 22.6 Å². The first-order valence-electron chi connectivity index (χ1n) is 15.0. The van der Waals surface area contributed by atoms with Crippen LogP contribution in [-0.4, -0.2) is 28.5 Å². The molecule has 2 aromatic heterocycles. The summed E-state index contributed by atoms with van der Waals surface area (Å²) >= 11 is 0. The molecule has 4 aromatic rings. The largest absolute Gasteiger partial charge is 0.481 e. The fourth-order valence-electron chi connectivity index (χ4n) is 6.39. The quantitative estimate of drug-likeness (QED) is 0.212. The molecule has 1 aliphatic rings. The number of nitrogens with zero attached hydrogens (tertiary/aromatic N) is 1. The lowest BCUT2D eigenvalue weighted by Gasteiger charge is -2.28. The maximum Gasteiger partial charge on any atom is 0.303 e. The van der Waals surface area contributed by atoms with E-state index in [9.17, 15) is 14.7 Å². The average Bonchev–Trinajstić information content (AvgIpc) is 3.66. The van der Waals surface area contributed by atoms with Gasteiger partial charge in [-0.15, -0.1) is 0 Å². The highest BCUT2D eigenvalue weighted by atomic mass is 16.4. The third-order valence-electron chi connectivity index (χ3n) is 8.70. The van der Waals surface area contributed by atoms with Gasteiger partial charge in [0.15, 0.2) is 0 Å². The van der Waals surface area contributed by atoms with Gasteiger partial charge in [0.25, 0.3) is 5.91 Å². The Balaban J connectivity index is 1.58. The molecule has 0 saturated heterocycles. The zero-order chi connectivity index (χ0) is 30.1. The molecule has 1 aliphatic carbocycles. The van der Waals surface area contributed by atoms with Gasteiger partial charge < -0.3 is 14.8 Å². The van der Waals surface area contributed by atoms with Gasteiger partial charge in [-0.1, -0.05) is 83.9 Å². The van der Waals surface area contributed by atoms with Gasteiger partial charge >= 0.3 is 5.97 Å². The van der Waals surface area contributed by atoms with Crippen molar-refractivity contribution < 1.29 is 19.1 Å². The van der Waals surface area contributed by atoms with Crippen LogP contribution >= 0.6 is 0 Å². The van der Waals surface area contributed by atoms with E-state index in [4.69, 9.17) is 4.42 Å². The number of aromatic nitrogens is 1. The van der Waals surface area contributed by atoms with Crippen LogP contribution < -0.4 is 5.32 Å². The number of fused-ring (bicyclic) bond motifs is 1. The molecule has 1 atom stereocenters. The second-order valence-electron chi connectivity index (χ2n) is 13.6. The Hall–Kier alpha value is -3.93. The number of carboxylic acid groups (broad SMARTS) is 1. The summed E-state index contributed by atoms with van der Waals surface area (Å²) in [4.78, 5) is 29.1. The molecule has 2 aromatic carbocycles. The lowest BCUT2D eigenvalue weighted by Crippen LogP contribution is -2.35. The van der Waals surface area contributed by atoms with E-state index in [1.807, 2.05) is 32.2 Å². The van der Waals surface area contributed by atoms with E-state index < -0.39 is 11.4 Å². The molecule has 220 valence electrons. The number of benzene rings is 2. The smallest absolute Gasteiger partial charge is 0.303 e. The van der Waals surface area contributed by atoms with Crippen molar-refractivity contribution in [2.75, 3.05) is 6.54 Å². The number of rotatable bonds is 9. The van der Waals surface area contributed by atoms with E-state index in [0.717, 1.165) is 21.9 Å². The first-order chi connectivity index (χ1) is 19.9. The fourth-order valence-corrected chi connectivity index (χ4v) is 6.39. The van der Waals surface area contributed by atoms with E-state index in [1.165, 1.54) is 42.4 Å². The highest BCUT2D eigenvalue weighted by Crippen LogP contribution is 2.45. The van der Waals surface area contributed by atoms with Crippen LogP contribution in [0.1, 0.15) is 99.8 Å². The minimum absolute atomic E-state index is 0.0360. The Bertz CT molecular complexity index is 1560. The summed E-state index contributed by atoms with van der Waals surface area (Å²) in [6.45, 7) is 10.6. The van der Waals surface area contributed by atoms with Crippen LogP contribution in [0.15, 0.2) is 71.7 Å². The molecule has 1 saturated carbocycles. The zero-order valence-electron chi connectivity index (χ0n) is 25.4. The lowest BCUT2D eigenvalue weighted by atomic mass is 9.76. The van der Waals surface area contributed by atoms with Crippen molar-refractivity contribution in [3.63, 3.8) is 0 Å². The minimum Gasteiger partial charge on any atom is -0.481 e. The van der Waals surface area contributed by atoms with Gasteiger partial charge in [-0.05, 0) is 69.4 Å². The van der Waals surface area contributed by atoms with E-state index in [2.05, 4.69) is 67.5 Å². The summed E-state index contributed by atoms with van der Waals surface area (Å²) in [6.07, 6.45) is 10.1. The first kappa shape index (κ1) is 29.6. The maximum atomic E-state index is 13.2. The molecule has 0 spiro atoms. The van der Waals surface area contributed by atoms with E-state index in [0.29, 0.717) is 11.6 Å². The summed E-state index contributed by atoms with van der Waals surface area (Å²) in [5.74, 6) is -0.446. The van der Waals surface area contributed by atoms with Crippen LogP contribution in [0.25, 0.3) is 21.9 Å². The summed E-state index contributed by atoms with van der Waals surface area (Å²) in [7, 11) is 0. The second kappa shape index (κ2) is 11.7. The molecule has 0 aliphatic heterocycles. The number of amides is 1. The Labute approximate surface area is 248 Å². The first-order valence-corrected chi connectivity index (χ1v) is 15.0. The van der Waals surface area contributed by atoms with Crippen LogP contribution in [0, 0.1) is 11.3 Å². The number of hydrogen-bond acceptors (Lipinski definition) is 4. The van der Waals surface area contributed by atoms with Crippen molar-refractivity contribution in [2.45, 2.75) is 78.1 Å². The van der Waals surface area contributed by atoms with E-state index >= 15 is 0 Å². The topological polar surface area (TPSA) is 92.4 Å². The van der Waals surface area contributed by atoms with E-state index in [1.54, 1.807) is 12.5 Å². The summed E-state index contributed by atoms with van der Waals surface area (Å²) < 4.78 is 5.43. The van der Waals surface area contributed by atoms with Crippen molar-refractivity contribution in [1.82, 2.24) is 10.3 Å². The predicted molar refractivity (Wildman–Crippen MR) is 167 cm³/mol. The van der Waals surface area contributed by atoms with Gasteiger partial charge in [0.1, 0.15) is 5.69 Å². The van der Waals surface area contributed by atoms with Gasteiger partial charge in [0.05, 0.1) is 18.9 Å². The molecule has 2 heterocycles. The summed E-state index contributed by atoms with van der Waals surface area (Å²) in [6, 6.07) is 17.3. The Morgan fingerprint density at radius 1 is 1.00 bits per heavy atom.